The molecule has 13 heteroatoms. The van der Waals surface area contributed by atoms with E-state index in [0.29, 0.717) is 32.8 Å². The van der Waals surface area contributed by atoms with E-state index < -0.39 is 34.4 Å². The van der Waals surface area contributed by atoms with Gasteiger partial charge in [-0.3, -0.25) is 13.9 Å². The van der Waals surface area contributed by atoms with Crippen LogP contribution in [0.4, 0.5) is 5.69 Å². The van der Waals surface area contributed by atoms with E-state index in [-0.39, 0.29) is 35.3 Å². The minimum absolute atomic E-state index is 0.106. The van der Waals surface area contributed by atoms with Crippen LogP contribution in [0, 0.1) is 0 Å². The number of methoxy groups -OCH3 is 2. The predicted molar refractivity (Wildman–Crippen MR) is 194 cm³/mol. The number of carbonyl (C=O) groups excluding carboxylic acids is 2. The lowest BCUT2D eigenvalue weighted by Crippen LogP contribution is -2.54. The van der Waals surface area contributed by atoms with Crippen molar-refractivity contribution in [1.29, 1.82) is 0 Å². The van der Waals surface area contributed by atoms with Crippen LogP contribution in [0.15, 0.2) is 95.9 Å². The zero-order chi connectivity index (χ0) is 35.7. The summed E-state index contributed by atoms with van der Waals surface area (Å²) in [6, 6.07) is 23.2. The fraction of sp³-hybridized carbons (Fsp3) is 0.278. The number of benzene rings is 4. The molecule has 260 valence electrons. The molecule has 0 aliphatic rings. The van der Waals surface area contributed by atoms with Crippen molar-refractivity contribution in [3.63, 3.8) is 0 Å². The molecule has 4 aromatic rings. The monoisotopic (exact) mass is 745 g/mol. The van der Waals surface area contributed by atoms with Crippen LogP contribution < -0.4 is 19.1 Å². The van der Waals surface area contributed by atoms with Gasteiger partial charge < -0.3 is 19.7 Å². The summed E-state index contributed by atoms with van der Waals surface area (Å²) in [7, 11) is -1.57. The third-order valence-corrected chi connectivity index (χ3v) is 10.6. The molecular formula is C36H38Cl3N3O6S. The van der Waals surface area contributed by atoms with Crippen LogP contribution in [-0.2, 0) is 32.6 Å². The molecule has 2 atom stereocenters. The number of rotatable bonds is 15. The Bertz CT molecular complexity index is 1860. The molecule has 2 amide bonds. The van der Waals surface area contributed by atoms with E-state index in [2.05, 4.69) is 5.32 Å². The van der Waals surface area contributed by atoms with Gasteiger partial charge in [0.2, 0.25) is 11.8 Å². The van der Waals surface area contributed by atoms with Gasteiger partial charge in [0, 0.05) is 40.1 Å². The van der Waals surface area contributed by atoms with Crippen LogP contribution in [0.1, 0.15) is 31.4 Å². The number of nitrogens with zero attached hydrogens (tertiary/aromatic N) is 2. The Balaban J connectivity index is 1.85. The van der Waals surface area contributed by atoms with Gasteiger partial charge in [-0.1, -0.05) is 78.1 Å². The third-order valence-electron chi connectivity index (χ3n) is 7.96. The van der Waals surface area contributed by atoms with E-state index in [9.17, 15) is 18.0 Å². The minimum Gasteiger partial charge on any atom is -0.493 e. The summed E-state index contributed by atoms with van der Waals surface area (Å²) in [4.78, 5) is 29.9. The zero-order valence-corrected chi connectivity index (χ0v) is 30.6. The summed E-state index contributed by atoms with van der Waals surface area (Å²) in [5, 5.41) is 4.07. The van der Waals surface area contributed by atoms with E-state index in [0.717, 1.165) is 9.87 Å². The molecule has 4 aromatic carbocycles. The Morgan fingerprint density at radius 2 is 1.49 bits per heavy atom. The standard InChI is InChI=1S/C36H38Cl3N3O6S/c1-5-24(2)40-36(44)32(19-25-9-7-6-8-10-25)41(22-26-11-12-28(38)20-31(26)39)35(43)23-42(29-15-13-27(37)14-16-29)49(45,46)30-17-18-33(47-3)34(21-30)48-4/h6-18,20-21,24,32H,5,19,22-23H2,1-4H3,(H,40,44)/t24-,32-/m1/s1. The molecule has 0 spiro atoms. The van der Waals surface area contributed by atoms with Crippen LogP contribution in [0.2, 0.25) is 15.1 Å². The lowest BCUT2D eigenvalue weighted by atomic mass is 10.0. The quantitative estimate of drug-likeness (QED) is 0.136. The number of ether oxygens (including phenoxy) is 2. The second-order valence-corrected chi connectivity index (χ2v) is 14.4. The van der Waals surface area contributed by atoms with E-state index >= 15 is 0 Å². The third kappa shape index (κ3) is 9.60. The van der Waals surface area contributed by atoms with Gasteiger partial charge in [-0.05, 0) is 73.0 Å². The molecule has 0 aliphatic carbocycles. The molecule has 0 saturated carbocycles. The molecular weight excluding hydrogens is 709 g/mol. The summed E-state index contributed by atoms with van der Waals surface area (Å²) in [5.41, 5.74) is 1.51. The largest absolute Gasteiger partial charge is 0.493 e. The Hall–Kier alpha value is -3.96. The number of hydrogen-bond donors (Lipinski definition) is 1. The second kappa shape index (κ2) is 17.1. The van der Waals surface area contributed by atoms with Crippen LogP contribution >= 0.6 is 34.8 Å². The highest BCUT2D eigenvalue weighted by atomic mass is 35.5. The number of sulfonamides is 1. The van der Waals surface area contributed by atoms with Gasteiger partial charge in [0.1, 0.15) is 12.6 Å². The number of halogens is 3. The molecule has 0 saturated heterocycles. The molecule has 0 aromatic heterocycles. The number of anilines is 1. The lowest BCUT2D eigenvalue weighted by molar-refractivity contribution is -0.140. The summed E-state index contributed by atoms with van der Waals surface area (Å²) in [6.07, 6.45) is 0.818. The fourth-order valence-electron chi connectivity index (χ4n) is 5.07. The van der Waals surface area contributed by atoms with E-state index in [1.54, 1.807) is 18.2 Å². The number of nitrogens with one attached hydrogen (secondary N) is 1. The van der Waals surface area contributed by atoms with E-state index in [1.807, 2.05) is 44.2 Å². The number of hydrogen-bond acceptors (Lipinski definition) is 6. The number of amides is 2. The lowest BCUT2D eigenvalue weighted by Gasteiger charge is -2.34. The summed E-state index contributed by atoms with van der Waals surface area (Å²) >= 11 is 18.9. The van der Waals surface area contributed by atoms with Gasteiger partial charge in [-0.15, -0.1) is 0 Å². The highest BCUT2D eigenvalue weighted by Gasteiger charge is 2.35. The van der Waals surface area contributed by atoms with Gasteiger partial charge in [0.15, 0.2) is 11.5 Å². The first-order valence-corrected chi connectivity index (χ1v) is 18.0. The average Bonchev–Trinajstić information content (AvgIpc) is 3.09. The first kappa shape index (κ1) is 37.9. The molecule has 0 unspecified atom stereocenters. The first-order chi connectivity index (χ1) is 23.4. The van der Waals surface area contributed by atoms with Crippen LogP contribution in [0.25, 0.3) is 0 Å². The molecule has 0 radical (unpaired) electrons. The van der Waals surface area contributed by atoms with Crippen molar-refractivity contribution >= 4 is 62.3 Å². The normalized spacial score (nSPS) is 12.5. The highest BCUT2D eigenvalue weighted by molar-refractivity contribution is 7.92. The maximum atomic E-state index is 14.7. The molecule has 49 heavy (non-hydrogen) atoms. The average molecular weight is 747 g/mol. The first-order valence-electron chi connectivity index (χ1n) is 15.5. The minimum atomic E-state index is -4.40. The smallest absolute Gasteiger partial charge is 0.264 e. The molecule has 0 heterocycles. The Morgan fingerprint density at radius 1 is 0.837 bits per heavy atom. The Labute approximate surface area is 302 Å². The van der Waals surface area contributed by atoms with Crippen molar-refractivity contribution in [3.8, 4) is 11.5 Å². The Kier molecular flexibility index (Phi) is 13.2. The van der Waals surface area contributed by atoms with Crippen molar-refractivity contribution in [3.05, 3.63) is 117 Å². The van der Waals surface area contributed by atoms with E-state index in [4.69, 9.17) is 44.3 Å². The van der Waals surface area contributed by atoms with Crippen molar-refractivity contribution < 1.29 is 27.5 Å². The summed E-state index contributed by atoms with van der Waals surface area (Å²) < 4.78 is 40.4. The van der Waals surface area contributed by atoms with Crippen molar-refractivity contribution in [1.82, 2.24) is 10.2 Å². The van der Waals surface area contributed by atoms with E-state index in [1.165, 1.54) is 61.6 Å². The molecule has 4 rings (SSSR count). The predicted octanol–water partition coefficient (Wildman–Crippen LogP) is 7.41. The molecule has 0 fully saturated rings. The van der Waals surface area contributed by atoms with Crippen molar-refractivity contribution in [2.45, 2.75) is 50.2 Å². The molecule has 1 N–H and O–H groups in total. The van der Waals surface area contributed by atoms with Crippen molar-refractivity contribution in [2.75, 3.05) is 25.1 Å². The molecule has 0 aliphatic heterocycles. The fourth-order valence-corrected chi connectivity index (χ4v) is 7.09. The van der Waals surface area contributed by atoms with Gasteiger partial charge in [0.05, 0.1) is 24.8 Å². The van der Waals surface area contributed by atoms with Gasteiger partial charge in [-0.25, -0.2) is 8.42 Å². The topological polar surface area (TPSA) is 105 Å². The number of carbonyl (C=O) groups is 2. The molecule has 9 nitrogen and oxygen atoms in total. The second-order valence-electron chi connectivity index (χ2n) is 11.3. The van der Waals surface area contributed by atoms with Gasteiger partial charge in [-0.2, -0.15) is 0 Å². The van der Waals surface area contributed by atoms with Crippen molar-refractivity contribution in [2.24, 2.45) is 0 Å². The zero-order valence-electron chi connectivity index (χ0n) is 27.5. The highest BCUT2D eigenvalue weighted by Crippen LogP contribution is 2.33. The van der Waals surface area contributed by atoms with Crippen LogP contribution in [0.5, 0.6) is 11.5 Å². The van der Waals surface area contributed by atoms with Gasteiger partial charge >= 0.3 is 0 Å². The Morgan fingerprint density at radius 3 is 2.10 bits per heavy atom. The van der Waals surface area contributed by atoms with Gasteiger partial charge in [0.25, 0.3) is 10.0 Å². The SMILES string of the molecule is CC[C@@H](C)NC(=O)[C@@H](Cc1ccccc1)N(Cc1ccc(Cl)cc1Cl)C(=O)CN(c1ccc(Cl)cc1)S(=O)(=O)c1ccc(OC)c(OC)c1. The summed E-state index contributed by atoms with van der Waals surface area (Å²) in [6.45, 7) is 3.05. The van der Waals surface area contributed by atoms with Crippen LogP contribution in [-0.4, -0.2) is 58.0 Å². The summed E-state index contributed by atoms with van der Waals surface area (Å²) in [5.74, 6) is -0.519. The molecule has 0 bridgehead atoms. The van der Waals surface area contributed by atoms with Crippen LogP contribution in [0.3, 0.4) is 0 Å². The maximum Gasteiger partial charge on any atom is 0.264 e. The maximum absolute atomic E-state index is 14.7.